The molecule has 0 saturated heterocycles. The molecule has 1 N–H and O–H groups in total. The first-order valence-corrected chi connectivity index (χ1v) is 9.20. The van der Waals surface area contributed by atoms with Gasteiger partial charge in [0.25, 0.3) is 0 Å². The lowest BCUT2D eigenvalue weighted by Crippen LogP contribution is -2.14. The first-order chi connectivity index (χ1) is 13.4. The van der Waals surface area contributed by atoms with E-state index in [1.54, 1.807) is 24.3 Å². The van der Waals surface area contributed by atoms with Crippen LogP contribution in [0.25, 0.3) is 5.69 Å². The van der Waals surface area contributed by atoms with Crippen LogP contribution < -0.4 is 5.32 Å². The topological polar surface area (TPSA) is 29.9 Å². The molecule has 0 fully saturated rings. The molecule has 3 aromatic rings. The van der Waals surface area contributed by atoms with Gasteiger partial charge in [0, 0.05) is 18.5 Å². The molecule has 146 valence electrons. The van der Waals surface area contributed by atoms with Gasteiger partial charge in [-0.3, -0.25) is 0 Å². The fourth-order valence-corrected chi connectivity index (χ4v) is 3.61. The number of nitrogens with zero attached hydrogens (tertiary/aromatic N) is 2. The Morgan fingerprint density at radius 1 is 1.00 bits per heavy atom. The summed E-state index contributed by atoms with van der Waals surface area (Å²) in [5, 5.41) is 7.73. The van der Waals surface area contributed by atoms with Crippen LogP contribution in [0.2, 0.25) is 0 Å². The Morgan fingerprint density at radius 3 is 2.54 bits per heavy atom. The van der Waals surface area contributed by atoms with E-state index in [9.17, 15) is 17.6 Å². The highest BCUT2D eigenvalue weighted by Gasteiger charge is 2.35. The number of aromatic nitrogens is 2. The molecular formula is C21H19F4N3. The summed E-state index contributed by atoms with van der Waals surface area (Å²) < 4.78 is 56.1. The Labute approximate surface area is 160 Å². The van der Waals surface area contributed by atoms with Gasteiger partial charge in [-0.05, 0) is 43.0 Å². The summed E-state index contributed by atoms with van der Waals surface area (Å²) in [6.07, 6.45) is -1.75. The zero-order valence-corrected chi connectivity index (χ0v) is 15.1. The summed E-state index contributed by atoms with van der Waals surface area (Å²) in [7, 11) is 0. The lowest BCUT2D eigenvalue weighted by molar-refractivity contribution is -0.137. The minimum absolute atomic E-state index is 0.0274. The molecule has 2 aromatic carbocycles. The normalized spacial score (nSPS) is 14.3. The van der Waals surface area contributed by atoms with E-state index in [4.69, 9.17) is 0 Å². The van der Waals surface area contributed by atoms with Crippen LogP contribution in [0.5, 0.6) is 0 Å². The van der Waals surface area contributed by atoms with Crippen molar-refractivity contribution in [3.05, 3.63) is 76.7 Å². The van der Waals surface area contributed by atoms with Crippen molar-refractivity contribution in [3.63, 3.8) is 0 Å². The van der Waals surface area contributed by atoms with E-state index < -0.39 is 11.7 Å². The average Bonchev–Trinajstić information content (AvgIpc) is 2.84. The number of hydrogen-bond donors (Lipinski definition) is 1. The van der Waals surface area contributed by atoms with Gasteiger partial charge in [0.2, 0.25) is 0 Å². The van der Waals surface area contributed by atoms with Gasteiger partial charge >= 0.3 is 6.18 Å². The van der Waals surface area contributed by atoms with Crippen molar-refractivity contribution in [1.29, 1.82) is 0 Å². The molecule has 28 heavy (non-hydrogen) atoms. The lowest BCUT2D eigenvalue weighted by atomic mass is 10.0. The molecule has 0 aliphatic carbocycles. The predicted octanol–water partition coefficient (Wildman–Crippen LogP) is 5.37. The van der Waals surface area contributed by atoms with Gasteiger partial charge in [-0.1, -0.05) is 30.3 Å². The van der Waals surface area contributed by atoms with Crippen LogP contribution in [0.1, 0.15) is 35.2 Å². The van der Waals surface area contributed by atoms with Crippen LogP contribution in [0.4, 0.5) is 23.4 Å². The number of nitrogens with one attached hydrogen (secondary N) is 1. The van der Waals surface area contributed by atoms with E-state index in [2.05, 4.69) is 10.4 Å². The second-order valence-electron chi connectivity index (χ2n) is 6.85. The Bertz CT molecular complexity index is 992. The summed E-state index contributed by atoms with van der Waals surface area (Å²) in [5.74, 6) is 0.226. The molecule has 0 unspecified atom stereocenters. The van der Waals surface area contributed by atoms with E-state index >= 15 is 0 Å². The van der Waals surface area contributed by atoms with E-state index in [1.165, 1.54) is 22.9 Å². The molecular weight excluding hydrogens is 370 g/mol. The summed E-state index contributed by atoms with van der Waals surface area (Å²) >= 11 is 0. The second-order valence-corrected chi connectivity index (χ2v) is 6.85. The maximum Gasteiger partial charge on any atom is 0.418 e. The molecule has 0 amide bonds. The Kier molecular flexibility index (Phi) is 4.83. The van der Waals surface area contributed by atoms with Gasteiger partial charge in [0.1, 0.15) is 11.6 Å². The second kappa shape index (κ2) is 7.30. The Morgan fingerprint density at radius 2 is 1.75 bits per heavy atom. The fourth-order valence-electron chi connectivity index (χ4n) is 3.61. The Hall–Kier alpha value is -2.83. The highest BCUT2D eigenvalue weighted by molar-refractivity contribution is 5.57. The number of anilines is 1. The minimum Gasteiger partial charge on any atom is -0.370 e. The fraction of sp³-hybridized carbons (Fsp3) is 0.286. The molecule has 7 heteroatoms. The molecule has 2 heterocycles. The summed E-state index contributed by atoms with van der Waals surface area (Å²) in [5.41, 5.74) is 1.16. The van der Waals surface area contributed by atoms with Gasteiger partial charge in [-0.15, -0.1) is 0 Å². The molecule has 1 aliphatic rings. The van der Waals surface area contributed by atoms with Gasteiger partial charge in [-0.25, -0.2) is 9.07 Å². The molecule has 0 radical (unpaired) electrons. The maximum atomic E-state index is 14.1. The van der Waals surface area contributed by atoms with Gasteiger partial charge in [-0.2, -0.15) is 18.3 Å². The molecule has 0 spiro atoms. The molecule has 0 saturated carbocycles. The number of para-hydroxylation sites is 1. The summed E-state index contributed by atoms with van der Waals surface area (Å²) in [6.45, 7) is 0.659. The smallest absolute Gasteiger partial charge is 0.370 e. The van der Waals surface area contributed by atoms with Crippen LogP contribution >= 0.6 is 0 Å². The van der Waals surface area contributed by atoms with Crippen molar-refractivity contribution in [2.75, 3.05) is 11.9 Å². The van der Waals surface area contributed by atoms with Crippen molar-refractivity contribution in [3.8, 4) is 5.69 Å². The van der Waals surface area contributed by atoms with Gasteiger partial charge in [0.05, 0.1) is 16.9 Å². The van der Waals surface area contributed by atoms with Crippen LogP contribution in [-0.4, -0.2) is 16.3 Å². The van der Waals surface area contributed by atoms with E-state index in [0.29, 0.717) is 30.0 Å². The van der Waals surface area contributed by atoms with Crippen LogP contribution in [-0.2, 0) is 19.0 Å². The molecule has 3 nitrogen and oxygen atoms in total. The van der Waals surface area contributed by atoms with Crippen molar-refractivity contribution < 1.29 is 17.6 Å². The summed E-state index contributed by atoms with van der Waals surface area (Å²) in [6, 6.07) is 11.8. The number of alkyl halides is 3. The van der Waals surface area contributed by atoms with E-state index in [1.807, 2.05) is 0 Å². The van der Waals surface area contributed by atoms with Gasteiger partial charge < -0.3 is 5.32 Å². The zero-order valence-electron chi connectivity index (χ0n) is 15.1. The summed E-state index contributed by atoms with van der Waals surface area (Å²) in [4.78, 5) is 0. The maximum absolute atomic E-state index is 14.1. The quantitative estimate of drug-likeness (QED) is 0.611. The highest BCUT2D eigenvalue weighted by atomic mass is 19.4. The first-order valence-electron chi connectivity index (χ1n) is 9.20. The lowest BCUT2D eigenvalue weighted by Gasteiger charge is -2.15. The number of benzene rings is 2. The van der Waals surface area contributed by atoms with Crippen LogP contribution in [0.15, 0.2) is 48.5 Å². The van der Waals surface area contributed by atoms with Crippen LogP contribution in [0.3, 0.4) is 0 Å². The molecule has 4 rings (SSSR count). The standard InChI is InChI=1S/C21H19F4N3/c22-17-10-3-1-7-14(17)13-18-15-8-5-6-12-26-20(15)28(27-18)19-11-4-2-9-16(19)21(23,24)25/h1-4,7,9-11,26H,5-6,8,12-13H2. The molecule has 0 atom stereocenters. The monoisotopic (exact) mass is 389 g/mol. The van der Waals surface area contributed by atoms with Gasteiger partial charge in [0.15, 0.2) is 0 Å². The van der Waals surface area contributed by atoms with Crippen LogP contribution in [0, 0.1) is 5.82 Å². The highest BCUT2D eigenvalue weighted by Crippen LogP contribution is 2.37. The third-order valence-corrected chi connectivity index (χ3v) is 4.97. The first kappa shape index (κ1) is 18.5. The molecule has 1 aromatic heterocycles. The average molecular weight is 389 g/mol. The molecule has 0 bridgehead atoms. The third kappa shape index (κ3) is 3.48. The number of rotatable bonds is 3. The van der Waals surface area contributed by atoms with E-state index in [-0.39, 0.29) is 17.9 Å². The van der Waals surface area contributed by atoms with Crippen molar-refractivity contribution in [2.24, 2.45) is 0 Å². The largest absolute Gasteiger partial charge is 0.418 e. The Balaban J connectivity index is 1.86. The van der Waals surface area contributed by atoms with Crippen molar-refractivity contribution in [1.82, 2.24) is 9.78 Å². The number of hydrogen-bond acceptors (Lipinski definition) is 2. The SMILES string of the molecule is Fc1ccccc1Cc1nn(-c2ccccc2C(F)(F)F)c2c1CCCCN2. The third-order valence-electron chi connectivity index (χ3n) is 4.97. The zero-order chi connectivity index (χ0) is 19.7. The van der Waals surface area contributed by atoms with Crippen molar-refractivity contribution >= 4 is 5.82 Å². The number of fused-ring (bicyclic) bond motifs is 1. The molecule has 1 aliphatic heterocycles. The van der Waals surface area contributed by atoms with Crippen molar-refractivity contribution in [2.45, 2.75) is 31.9 Å². The minimum atomic E-state index is -4.49. The van der Waals surface area contributed by atoms with E-state index in [0.717, 1.165) is 24.5 Å². The predicted molar refractivity (Wildman–Crippen MR) is 99.2 cm³/mol. The number of halogens is 4.